The molecule has 0 saturated carbocycles. The third-order valence-corrected chi connectivity index (χ3v) is 1.60. The molecule has 0 atom stereocenters. The smallest absolute Gasteiger partial charge is 0.223 e. The van der Waals surface area contributed by atoms with Gasteiger partial charge in [0.05, 0.1) is 0 Å². The highest BCUT2D eigenvalue weighted by molar-refractivity contribution is 6.28. The van der Waals surface area contributed by atoms with Crippen LogP contribution < -0.4 is 0 Å². The summed E-state index contributed by atoms with van der Waals surface area (Å²) < 4.78 is 1.48. The van der Waals surface area contributed by atoms with Crippen LogP contribution in [0, 0.1) is 6.92 Å². The molecule has 0 aliphatic heterocycles. The average molecular weight is 169 g/mol. The molecule has 0 bridgehead atoms. The zero-order valence-corrected chi connectivity index (χ0v) is 6.58. The van der Waals surface area contributed by atoms with E-state index in [4.69, 9.17) is 11.6 Å². The van der Waals surface area contributed by atoms with E-state index in [-0.39, 0.29) is 0 Å². The van der Waals surface area contributed by atoms with Gasteiger partial charge in [-0.25, -0.2) is 9.97 Å². The van der Waals surface area contributed by atoms with E-state index in [2.05, 4.69) is 15.1 Å². The van der Waals surface area contributed by atoms with Gasteiger partial charge in [-0.3, -0.25) is 0 Å². The van der Waals surface area contributed by atoms with Crippen LogP contribution in [-0.4, -0.2) is 19.6 Å². The number of hydrogen-bond acceptors (Lipinski definition) is 3. The fraction of sp³-hybridized carbons (Fsp3) is 0.167. The van der Waals surface area contributed by atoms with Gasteiger partial charge in [0.1, 0.15) is 6.33 Å². The molecule has 2 rings (SSSR count). The van der Waals surface area contributed by atoms with Crippen molar-refractivity contribution in [2.45, 2.75) is 6.92 Å². The lowest BCUT2D eigenvalue weighted by Gasteiger charge is -1.95. The number of halogens is 1. The zero-order valence-electron chi connectivity index (χ0n) is 5.82. The van der Waals surface area contributed by atoms with E-state index >= 15 is 0 Å². The molecule has 2 aromatic heterocycles. The highest BCUT2D eigenvalue weighted by Gasteiger charge is 2.01. The molecule has 4 nitrogen and oxygen atoms in total. The largest absolute Gasteiger partial charge is 0.225 e. The summed E-state index contributed by atoms with van der Waals surface area (Å²) in [6, 6.07) is 1.82. The molecule has 2 heterocycles. The van der Waals surface area contributed by atoms with E-state index in [9.17, 15) is 0 Å². The van der Waals surface area contributed by atoms with E-state index in [1.807, 2.05) is 13.0 Å². The van der Waals surface area contributed by atoms with Gasteiger partial charge in [-0.1, -0.05) is 0 Å². The Morgan fingerprint density at radius 3 is 3.18 bits per heavy atom. The Labute approximate surface area is 67.8 Å². The predicted molar refractivity (Wildman–Crippen MR) is 40.5 cm³/mol. The maximum atomic E-state index is 5.75. The van der Waals surface area contributed by atoms with Gasteiger partial charge < -0.3 is 0 Å². The molecule has 0 aromatic carbocycles. The van der Waals surface area contributed by atoms with Crippen LogP contribution in [0.15, 0.2) is 12.4 Å². The molecule has 0 aliphatic carbocycles. The number of rotatable bonds is 0. The van der Waals surface area contributed by atoms with Crippen LogP contribution in [0.1, 0.15) is 5.69 Å². The first-order chi connectivity index (χ1) is 5.27. The van der Waals surface area contributed by atoms with Crippen molar-refractivity contribution < 1.29 is 0 Å². The van der Waals surface area contributed by atoms with E-state index in [0.29, 0.717) is 5.28 Å². The maximum Gasteiger partial charge on any atom is 0.225 e. The van der Waals surface area contributed by atoms with E-state index < -0.39 is 0 Å². The van der Waals surface area contributed by atoms with Crippen LogP contribution in [0.5, 0.6) is 0 Å². The lowest BCUT2D eigenvalue weighted by Crippen LogP contribution is -1.94. The molecule has 0 fully saturated rings. The van der Waals surface area contributed by atoms with Crippen molar-refractivity contribution >= 4 is 17.2 Å². The van der Waals surface area contributed by atoms with Crippen molar-refractivity contribution in [1.82, 2.24) is 19.6 Å². The maximum absolute atomic E-state index is 5.75. The van der Waals surface area contributed by atoms with Crippen molar-refractivity contribution in [3.05, 3.63) is 23.4 Å². The first-order valence-electron chi connectivity index (χ1n) is 3.10. The Morgan fingerprint density at radius 2 is 2.36 bits per heavy atom. The first kappa shape index (κ1) is 6.54. The van der Waals surface area contributed by atoms with Crippen LogP contribution in [0.25, 0.3) is 5.65 Å². The van der Waals surface area contributed by atoms with Crippen LogP contribution >= 0.6 is 11.6 Å². The van der Waals surface area contributed by atoms with Crippen LogP contribution in [0.3, 0.4) is 0 Å². The molecule has 0 unspecified atom stereocenters. The minimum Gasteiger partial charge on any atom is -0.223 e. The molecule has 0 saturated heterocycles. The lowest BCUT2D eigenvalue weighted by molar-refractivity contribution is 0.911. The molecular formula is C6H5ClN4. The summed E-state index contributed by atoms with van der Waals surface area (Å²) in [5.74, 6) is 0. The van der Waals surface area contributed by atoms with E-state index in [1.54, 1.807) is 0 Å². The Morgan fingerprint density at radius 1 is 1.55 bits per heavy atom. The Kier molecular flexibility index (Phi) is 1.29. The molecule has 2 aromatic rings. The topological polar surface area (TPSA) is 43.1 Å². The van der Waals surface area contributed by atoms with Gasteiger partial charge in [-0.05, 0) is 18.5 Å². The van der Waals surface area contributed by atoms with Gasteiger partial charge in [0.25, 0.3) is 0 Å². The van der Waals surface area contributed by atoms with Gasteiger partial charge in [0.2, 0.25) is 5.28 Å². The molecule has 56 valence electrons. The van der Waals surface area contributed by atoms with Crippen LogP contribution in [-0.2, 0) is 0 Å². The van der Waals surface area contributed by atoms with Gasteiger partial charge in [0.15, 0.2) is 5.65 Å². The minimum atomic E-state index is 0.345. The Bertz CT molecular complexity index is 394. The third kappa shape index (κ3) is 0.952. The molecule has 0 aliphatic rings. The van der Waals surface area contributed by atoms with Gasteiger partial charge in [0, 0.05) is 11.8 Å². The SMILES string of the molecule is Cc1cc2ncnn2c(Cl)n1. The fourth-order valence-corrected chi connectivity index (χ4v) is 1.17. The molecule has 5 heteroatoms. The molecule has 0 radical (unpaired) electrons. The van der Waals surface area contributed by atoms with Crippen molar-refractivity contribution in [3.63, 3.8) is 0 Å². The second kappa shape index (κ2) is 2.17. The van der Waals surface area contributed by atoms with Crippen molar-refractivity contribution in [2.24, 2.45) is 0 Å². The second-order valence-electron chi connectivity index (χ2n) is 2.20. The summed E-state index contributed by atoms with van der Waals surface area (Å²) in [6.45, 7) is 1.86. The number of hydrogen-bond donors (Lipinski definition) is 0. The summed E-state index contributed by atoms with van der Waals surface area (Å²) in [7, 11) is 0. The molecule has 11 heavy (non-hydrogen) atoms. The average Bonchev–Trinajstić information content (AvgIpc) is 2.34. The standard InChI is InChI=1S/C6H5ClN4/c1-4-2-5-8-3-9-11(5)6(7)10-4/h2-3H,1H3. The summed E-state index contributed by atoms with van der Waals surface area (Å²) in [5, 5.41) is 4.22. The molecule has 0 amide bonds. The normalized spacial score (nSPS) is 10.7. The third-order valence-electron chi connectivity index (χ3n) is 1.36. The highest BCUT2D eigenvalue weighted by atomic mass is 35.5. The Balaban J connectivity index is 2.91. The van der Waals surface area contributed by atoms with E-state index in [1.165, 1.54) is 10.8 Å². The van der Waals surface area contributed by atoms with Gasteiger partial charge in [-0.15, -0.1) is 0 Å². The highest BCUT2D eigenvalue weighted by Crippen LogP contribution is 2.07. The van der Waals surface area contributed by atoms with Crippen molar-refractivity contribution in [2.75, 3.05) is 0 Å². The number of fused-ring (bicyclic) bond motifs is 1. The van der Waals surface area contributed by atoms with Crippen molar-refractivity contribution in [1.29, 1.82) is 0 Å². The first-order valence-corrected chi connectivity index (χ1v) is 3.48. The summed E-state index contributed by atoms with van der Waals surface area (Å²) in [4.78, 5) is 7.97. The minimum absolute atomic E-state index is 0.345. The Hall–Kier alpha value is -1.16. The molecule has 0 N–H and O–H groups in total. The summed E-state index contributed by atoms with van der Waals surface area (Å²) >= 11 is 5.75. The van der Waals surface area contributed by atoms with E-state index in [0.717, 1.165) is 11.3 Å². The second-order valence-corrected chi connectivity index (χ2v) is 2.53. The summed E-state index contributed by atoms with van der Waals surface area (Å²) in [6.07, 6.45) is 1.45. The number of aryl methyl sites for hydroxylation is 1. The lowest BCUT2D eigenvalue weighted by atomic mass is 10.4. The van der Waals surface area contributed by atoms with Gasteiger partial charge in [-0.2, -0.15) is 9.61 Å². The van der Waals surface area contributed by atoms with Crippen molar-refractivity contribution in [3.8, 4) is 0 Å². The molecule has 0 spiro atoms. The molecular weight excluding hydrogens is 164 g/mol. The fourth-order valence-electron chi connectivity index (χ4n) is 0.903. The predicted octanol–water partition coefficient (Wildman–Crippen LogP) is 1.09. The zero-order chi connectivity index (χ0) is 7.84. The summed E-state index contributed by atoms with van der Waals surface area (Å²) in [5.41, 5.74) is 1.57. The number of nitrogens with zero attached hydrogens (tertiary/aromatic N) is 4. The van der Waals surface area contributed by atoms with Crippen LogP contribution in [0.2, 0.25) is 5.28 Å². The van der Waals surface area contributed by atoms with Crippen LogP contribution in [0.4, 0.5) is 0 Å². The van der Waals surface area contributed by atoms with Gasteiger partial charge >= 0.3 is 0 Å². The monoisotopic (exact) mass is 168 g/mol. The quantitative estimate of drug-likeness (QED) is 0.553. The number of aromatic nitrogens is 4.